The molecule has 8 nitrogen and oxygen atoms in total. The molecule has 0 saturated heterocycles. The maximum atomic E-state index is 13.0. The van der Waals surface area contributed by atoms with E-state index in [-0.39, 0.29) is 18.7 Å². The number of amides is 1. The zero-order valence-electron chi connectivity index (χ0n) is 17.6. The summed E-state index contributed by atoms with van der Waals surface area (Å²) < 4.78 is 10.8. The lowest BCUT2D eigenvalue weighted by molar-refractivity contribution is -0.147. The average Bonchev–Trinajstić information content (AvgIpc) is 3.45. The first-order chi connectivity index (χ1) is 15.6. The monoisotopic (exact) mass is 432 g/mol. The van der Waals surface area contributed by atoms with Gasteiger partial charge in [-0.2, -0.15) is 0 Å². The normalized spacial score (nSPS) is 11.9. The van der Waals surface area contributed by atoms with Crippen LogP contribution in [-0.2, 0) is 29.1 Å². The number of hydrogen-bond donors (Lipinski definition) is 3. The molecule has 4 aromatic rings. The number of ether oxygens (including phenoxy) is 1. The molecule has 0 aliphatic heterocycles. The van der Waals surface area contributed by atoms with Crippen molar-refractivity contribution in [3.05, 3.63) is 89.8 Å². The number of hydrogen-bond acceptors (Lipinski definition) is 6. The van der Waals surface area contributed by atoms with Gasteiger partial charge in [-0.1, -0.05) is 48.5 Å². The number of nitrogens with one attached hydrogen (secondary N) is 3. The van der Waals surface area contributed by atoms with E-state index in [1.54, 1.807) is 7.05 Å². The summed E-state index contributed by atoms with van der Waals surface area (Å²) in [6.07, 6.45) is 3.39. The molecule has 3 N–H and O–H groups in total. The van der Waals surface area contributed by atoms with Crippen LogP contribution in [0.5, 0.6) is 0 Å². The van der Waals surface area contributed by atoms with Crippen LogP contribution in [0.15, 0.2) is 71.5 Å². The van der Waals surface area contributed by atoms with Gasteiger partial charge in [-0.05, 0) is 24.2 Å². The Kier molecular flexibility index (Phi) is 6.62. The van der Waals surface area contributed by atoms with Gasteiger partial charge >= 0.3 is 5.97 Å². The number of carbonyl (C=O) groups is 2. The molecular weight excluding hydrogens is 408 g/mol. The molecule has 0 saturated carbocycles. The highest BCUT2D eigenvalue weighted by molar-refractivity contribution is 5.95. The minimum Gasteiger partial charge on any atom is -0.459 e. The summed E-state index contributed by atoms with van der Waals surface area (Å²) in [5.74, 6) is -0.637. The van der Waals surface area contributed by atoms with Crippen LogP contribution in [-0.4, -0.2) is 34.9 Å². The van der Waals surface area contributed by atoms with Crippen LogP contribution in [0.25, 0.3) is 10.9 Å². The standard InChI is InChI=1S/C24H24N4O4/c1-25-13-22-27-21(15-31-22)23(29)28-20(24(30)32-14-16-7-3-2-4-8-16)11-17-12-26-19-10-6-5-9-18(17)19/h2-10,12,15,20,25-26H,11,13-14H2,1H3,(H,28,29). The van der Waals surface area contributed by atoms with Gasteiger partial charge in [-0.25, -0.2) is 9.78 Å². The molecular formula is C24H24N4O4. The first kappa shape index (κ1) is 21.3. The highest BCUT2D eigenvalue weighted by Crippen LogP contribution is 2.20. The molecule has 164 valence electrons. The van der Waals surface area contributed by atoms with Crippen molar-refractivity contribution in [2.24, 2.45) is 0 Å². The number of rotatable bonds is 9. The van der Waals surface area contributed by atoms with Gasteiger partial charge in [0.05, 0.1) is 6.54 Å². The van der Waals surface area contributed by atoms with Crippen LogP contribution in [0.2, 0.25) is 0 Å². The van der Waals surface area contributed by atoms with E-state index < -0.39 is 17.9 Å². The molecule has 1 amide bonds. The van der Waals surface area contributed by atoms with Crippen LogP contribution >= 0.6 is 0 Å². The number of nitrogens with zero attached hydrogens (tertiary/aromatic N) is 1. The third-order valence-corrected chi connectivity index (χ3v) is 5.03. The number of benzene rings is 2. The number of aromatic amines is 1. The molecule has 2 heterocycles. The molecule has 8 heteroatoms. The minimum absolute atomic E-state index is 0.107. The van der Waals surface area contributed by atoms with E-state index in [9.17, 15) is 9.59 Å². The SMILES string of the molecule is CNCc1nc(C(=O)NC(Cc2c[nH]c3ccccc23)C(=O)OCc2ccccc2)co1. The van der Waals surface area contributed by atoms with Crippen LogP contribution in [0.3, 0.4) is 0 Å². The van der Waals surface area contributed by atoms with Gasteiger partial charge in [0.2, 0.25) is 5.89 Å². The Bertz CT molecular complexity index is 1200. The molecule has 0 aliphatic rings. The van der Waals surface area contributed by atoms with Gasteiger partial charge < -0.3 is 24.8 Å². The lowest BCUT2D eigenvalue weighted by Crippen LogP contribution is -2.43. The molecule has 0 radical (unpaired) electrons. The topological polar surface area (TPSA) is 109 Å². The molecule has 2 aromatic carbocycles. The van der Waals surface area contributed by atoms with Crippen molar-refractivity contribution in [1.29, 1.82) is 0 Å². The number of oxazole rings is 1. The van der Waals surface area contributed by atoms with Crippen molar-refractivity contribution < 1.29 is 18.7 Å². The second-order valence-electron chi connectivity index (χ2n) is 7.34. The largest absolute Gasteiger partial charge is 0.459 e. The predicted molar refractivity (Wildman–Crippen MR) is 119 cm³/mol. The van der Waals surface area contributed by atoms with Gasteiger partial charge in [0.15, 0.2) is 5.69 Å². The molecule has 4 rings (SSSR count). The van der Waals surface area contributed by atoms with Crippen molar-refractivity contribution in [3.8, 4) is 0 Å². The summed E-state index contributed by atoms with van der Waals surface area (Å²) >= 11 is 0. The quantitative estimate of drug-likeness (QED) is 0.351. The third-order valence-electron chi connectivity index (χ3n) is 5.03. The van der Waals surface area contributed by atoms with Crippen LogP contribution in [0.1, 0.15) is 27.5 Å². The second kappa shape index (κ2) is 9.93. The lowest BCUT2D eigenvalue weighted by Gasteiger charge is -2.17. The fraction of sp³-hybridized carbons (Fsp3) is 0.208. The van der Waals surface area contributed by atoms with Crippen molar-refractivity contribution in [2.75, 3.05) is 7.05 Å². The van der Waals surface area contributed by atoms with E-state index in [1.807, 2.05) is 60.8 Å². The Labute approximate surface area is 185 Å². The van der Waals surface area contributed by atoms with Crippen LogP contribution < -0.4 is 10.6 Å². The molecule has 1 atom stereocenters. The summed E-state index contributed by atoms with van der Waals surface area (Å²) in [5.41, 5.74) is 2.83. The van der Waals surface area contributed by atoms with E-state index in [1.165, 1.54) is 6.26 Å². The summed E-state index contributed by atoms with van der Waals surface area (Å²) in [6.45, 7) is 0.515. The van der Waals surface area contributed by atoms with Crippen molar-refractivity contribution >= 4 is 22.8 Å². The molecule has 1 unspecified atom stereocenters. The second-order valence-corrected chi connectivity index (χ2v) is 7.34. The number of esters is 1. The van der Waals surface area contributed by atoms with Crippen molar-refractivity contribution in [1.82, 2.24) is 20.6 Å². The van der Waals surface area contributed by atoms with Gasteiger partial charge in [-0.15, -0.1) is 0 Å². The summed E-state index contributed by atoms with van der Waals surface area (Å²) in [5, 5.41) is 6.65. The summed E-state index contributed by atoms with van der Waals surface area (Å²) in [6, 6.07) is 16.3. The van der Waals surface area contributed by atoms with E-state index in [2.05, 4.69) is 20.6 Å². The maximum absolute atomic E-state index is 13.0. The van der Waals surface area contributed by atoms with Crippen molar-refractivity contribution in [3.63, 3.8) is 0 Å². The Morgan fingerprint density at radius 1 is 1.12 bits per heavy atom. The maximum Gasteiger partial charge on any atom is 0.329 e. The van der Waals surface area contributed by atoms with E-state index in [4.69, 9.17) is 9.15 Å². The fourth-order valence-electron chi connectivity index (χ4n) is 3.42. The van der Waals surface area contributed by atoms with Gasteiger partial charge in [-0.3, -0.25) is 4.79 Å². The van der Waals surface area contributed by atoms with Crippen LogP contribution in [0.4, 0.5) is 0 Å². The molecule has 0 bridgehead atoms. The van der Waals surface area contributed by atoms with Crippen LogP contribution in [0, 0.1) is 0 Å². The number of carbonyl (C=O) groups excluding carboxylic acids is 2. The minimum atomic E-state index is -0.894. The lowest BCUT2D eigenvalue weighted by atomic mass is 10.0. The highest BCUT2D eigenvalue weighted by atomic mass is 16.5. The molecule has 2 aromatic heterocycles. The Hall–Kier alpha value is -3.91. The Balaban J connectivity index is 1.52. The number of H-pyrrole nitrogens is 1. The highest BCUT2D eigenvalue weighted by Gasteiger charge is 2.26. The first-order valence-corrected chi connectivity index (χ1v) is 10.3. The number of fused-ring (bicyclic) bond motifs is 1. The van der Waals surface area contributed by atoms with Gasteiger partial charge in [0.1, 0.15) is 18.9 Å². The van der Waals surface area contributed by atoms with Gasteiger partial charge in [0.25, 0.3) is 5.91 Å². The zero-order valence-corrected chi connectivity index (χ0v) is 17.6. The molecule has 0 spiro atoms. The molecule has 0 fully saturated rings. The zero-order chi connectivity index (χ0) is 22.3. The molecule has 32 heavy (non-hydrogen) atoms. The van der Waals surface area contributed by atoms with E-state index in [0.717, 1.165) is 22.0 Å². The smallest absolute Gasteiger partial charge is 0.329 e. The molecule has 0 aliphatic carbocycles. The van der Waals surface area contributed by atoms with Crippen molar-refractivity contribution in [2.45, 2.75) is 25.6 Å². The Morgan fingerprint density at radius 2 is 1.91 bits per heavy atom. The van der Waals surface area contributed by atoms with E-state index in [0.29, 0.717) is 12.4 Å². The van der Waals surface area contributed by atoms with Gasteiger partial charge in [0, 0.05) is 23.5 Å². The summed E-state index contributed by atoms with van der Waals surface area (Å²) in [7, 11) is 1.75. The Morgan fingerprint density at radius 3 is 2.72 bits per heavy atom. The van der Waals surface area contributed by atoms with E-state index >= 15 is 0 Å². The number of aromatic nitrogens is 2. The first-order valence-electron chi connectivity index (χ1n) is 10.3. The predicted octanol–water partition coefficient (Wildman–Crippen LogP) is 2.96. The third kappa shape index (κ3) is 5.04. The fourth-order valence-corrected chi connectivity index (χ4v) is 3.42. The number of para-hydroxylation sites is 1. The average molecular weight is 432 g/mol. The summed E-state index contributed by atoms with van der Waals surface area (Å²) in [4.78, 5) is 33.1.